The molecule has 0 aliphatic carbocycles. The molecule has 0 aliphatic rings. The van der Waals surface area contributed by atoms with Crippen LogP contribution in [0.5, 0.6) is 5.75 Å². The van der Waals surface area contributed by atoms with E-state index in [4.69, 9.17) is 4.74 Å². The molecule has 0 fully saturated rings. The number of pyridine rings is 1. The molecule has 0 spiro atoms. The van der Waals surface area contributed by atoms with Gasteiger partial charge in [-0.15, -0.1) is 0 Å². The second-order valence-corrected chi connectivity index (χ2v) is 3.13. The molecule has 0 aliphatic heterocycles. The van der Waals surface area contributed by atoms with Gasteiger partial charge in [-0.2, -0.15) is 0 Å². The smallest absolute Gasteiger partial charge is 0.130 e. The van der Waals surface area contributed by atoms with Gasteiger partial charge in [-0.25, -0.2) is 4.39 Å². The summed E-state index contributed by atoms with van der Waals surface area (Å²) in [6.07, 6.45) is 0. The number of hydrogen-bond donors (Lipinski definition) is 0. The van der Waals surface area contributed by atoms with Crippen LogP contribution in [0.1, 0.15) is 5.69 Å². The number of methoxy groups -OCH3 is 1. The Kier molecular flexibility index (Phi) is 2.08. The van der Waals surface area contributed by atoms with Crippen molar-refractivity contribution in [3.8, 4) is 5.75 Å². The predicted molar refractivity (Wildman–Crippen MR) is 53.0 cm³/mol. The molecule has 1 aromatic heterocycles. The Hall–Kier alpha value is -1.64. The van der Waals surface area contributed by atoms with Crippen LogP contribution in [0.15, 0.2) is 24.3 Å². The van der Waals surface area contributed by atoms with Crippen LogP contribution in [-0.4, -0.2) is 12.1 Å². The molecule has 2 rings (SSSR count). The van der Waals surface area contributed by atoms with Gasteiger partial charge in [0.15, 0.2) is 0 Å². The molecule has 0 saturated carbocycles. The van der Waals surface area contributed by atoms with Gasteiger partial charge in [0, 0.05) is 17.1 Å². The number of ether oxygens (including phenoxy) is 1. The number of halogens is 1. The third kappa shape index (κ3) is 1.41. The molecule has 0 radical (unpaired) electrons. The summed E-state index contributed by atoms with van der Waals surface area (Å²) < 4.78 is 18.1. The Morgan fingerprint density at radius 2 is 2.07 bits per heavy atom. The lowest BCUT2D eigenvalue weighted by Crippen LogP contribution is -1.90. The lowest BCUT2D eigenvalue weighted by atomic mass is 10.2. The number of fused-ring (bicyclic) bond motifs is 1. The molecular formula is C11H10FNO. The van der Waals surface area contributed by atoms with Crippen LogP contribution >= 0.6 is 0 Å². The average Bonchev–Trinajstić information content (AvgIpc) is 2.17. The molecule has 0 N–H and O–H groups in total. The topological polar surface area (TPSA) is 22.1 Å². The van der Waals surface area contributed by atoms with Crippen LogP contribution < -0.4 is 4.74 Å². The Morgan fingerprint density at radius 1 is 1.29 bits per heavy atom. The van der Waals surface area contributed by atoms with Crippen LogP contribution in [-0.2, 0) is 0 Å². The first-order valence-electron chi connectivity index (χ1n) is 4.31. The van der Waals surface area contributed by atoms with E-state index in [0.29, 0.717) is 11.1 Å². The quantitative estimate of drug-likeness (QED) is 0.691. The van der Waals surface area contributed by atoms with Gasteiger partial charge in [0.05, 0.1) is 12.6 Å². The molecule has 0 atom stereocenters. The van der Waals surface area contributed by atoms with Crippen LogP contribution in [0.4, 0.5) is 4.39 Å². The highest BCUT2D eigenvalue weighted by molar-refractivity contribution is 5.85. The van der Waals surface area contributed by atoms with E-state index < -0.39 is 0 Å². The van der Waals surface area contributed by atoms with Gasteiger partial charge in [-0.05, 0) is 25.1 Å². The second-order valence-electron chi connectivity index (χ2n) is 3.13. The Balaban J connectivity index is 2.81. The number of aromatic nitrogens is 1. The van der Waals surface area contributed by atoms with E-state index in [0.717, 1.165) is 11.2 Å². The minimum absolute atomic E-state index is 0.276. The van der Waals surface area contributed by atoms with Crippen LogP contribution in [0, 0.1) is 12.7 Å². The highest BCUT2D eigenvalue weighted by atomic mass is 19.1. The second kappa shape index (κ2) is 3.25. The summed E-state index contributed by atoms with van der Waals surface area (Å²) in [4.78, 5) is 4.28. The maximum atomic E-state index is 13.0. The van der Waals surface area contributed by atoms with Gasteiger partial charge < -0.3 is 4.74 Å². The van der Waals surface area contributed by atoms with Gasteiger partial charge in [0.1, 0.15) is 11.6 Å². The zero-order valence-electron chi connectivity index (χ0n) is 8.04. The number of hydrogen-bond acceptors (Lipinski definition) is 2. The van der Waals surface area contributed by atoms with E-state index >= 15 is 0 Å². The molecule has 0 saturated heterocycles. The van der Waals surface area contributed by atoms with E-state index in [9.17, 15) is 4.39 Å². The fourth-order valence-corrected chi connectivity index (χ4v) is 1.46. The fraction of sp³-hybridized carbons (Fsp3) is 0.182. The average molecular weight is 191 g/mol. The summed E-state index contributed by atoms with van der Waals surface area (Å²) in [6.45, 7) is 1.88. The van der Waals surface area contributed by atoms with E-state index in [1.165, 1.54) is 12.1 Å². The molecule has 0 amide bonds. The van der Waals surface area contributed by atoms with E-state index in [1.807, 2.05) is 6.92 Å². The SMILES string of the molecule is COc1cc(C)nc2ccc(F)cc12. The van der Waals surface area contributed by atoms with E-state index in [2.05, 4.69) is 4.98 Å². The predicted octanol–water partition coefficient (Wildman–Crippen LogP) is 2.69. The summed E-state index contributed by atoms with van der Waals surface area (Å²) in [5.41, 5.74) is 1.62. The molecule has 0 unspecified atom stereocenters. The molecule has 72 valence electrons. The van der Waals surface area contributed by atoms with Gasteiger partial charge in [-0.3, -0.25) is 4.98 Å². The third-order valence-corrected chi connectivity index (χ3v) is 2.08. The maximum Gasteiger partial charge on any atom is 0.130 e. The van der Waals surface area contributed by atoms with Crippen molar-refractivity contribution in [2.24, 2.45) is 0 Å². The van der Waals surface area contributed by atoms with Gasteiger partial charge in [0.2, 0.25) is 0 Å². The molecule has 2 aromatic rings. The van der Waals surface area contributed by atoms with Crippen molar-refractivity contribution in [1.82, 2.24) is 4.98 Å². The molecular weight excluding hydrogens is 181 g/mol. The highest BCUT2D eigenvalue weighted by Gasteiger charge is 2.04. The van der Waals surface area contributed by atoms with Crippen molar-refractivity contribution >= 4 is 10.9 Å². The highest BCUT2D eigenvalue weighted by Crippen LogP contribution is 2.25. The van der Waals surface area contributed by atoms with Gasteiger partial charge in [0.25, 0.3) is 0 Å². The summed E-state index contributed by atoms with van der Waals surface area (Å²) in [5.74, 6) is 0.383. The number of rotatable bonds is 1. The first kappa shape index (κ1) is 8.94. The summed E-state index contributed by atoms with van der Waals surface area (Å²) in [5, 5.41) is 0.707. The maximum absolute atomic E-state index is 13.0. The largest absolute Gasteiger partial charge is 0.496 e. The van der Waals surface area contributed by atoms with Gasteiger partial charge >= 0.3 is 0 Å². The van der Waals surface area contributed by atoms with Crippen molar-refractivity contribution in [2.45, 2.75) is 6.92 Å². The lowest BCUT2D eigenvalue weighted by molar-refractivity contribution is 0.419. The molecule has 1 heterocycles. The number of benzene rings is 1. The molecule has 2 nitrogen and oxygen atoms in total. The fourth-order valence-electron chi connectivity index (χ4n) is 1.46. The molecule has 0 bridgehead atoms. The van der Waals surface area contributed by atoms with Crippen molar-refractivity contribution in [1.29, 1.82) is 0 Å². The summed E-state index contributed by atoms with van der Waals surface area (Å²) in [7, 11) is 1.57. The summed E-state index contributed by atoms with van der Waals surface area (Å²) >= 11 is 0. The number of aryl methyl sites for hydroxylation is 1. The third-order valence-electron chi connectivity index (χ3n) is 2.08. The van der Waals surface area contributed by atoms with Crippen LogP contribution in [0.3, 0.4) is 0 Å². The van der Waals surface area contributed by atoms with Crippen molar-refractivity contribution in [2.75, 3.05) is 7.11 Å². The lowest BCUT2D eigenvalue weighted by Gasteiger charge is -2.05. The Bertz CT molecular complexity index is 482. The number of nitrogens with zero attached hydrogens (tertiary/aromatic N) is 1. The van der Waals surface area contributed by atoms with E-state index in [1.54, 1.807) is 19.2 Å². The minimum atomic E-state index is -0.276. The van der Waals surface area contributed by atoms with Crippen molar-refractivity contribution < 1.29 is 9.13 Å². The normalized spacial score (nSPS) is 10.5. The van der Waals surface area contributed by atoms with Crippen LogP contribution in [0.25, 0.3) is 10.9 Å². The Labute approximate surface area is 81.3 Å². The zero-order chi connectivity index (χ0) is 10.1. The van der Waals surface area contributed by atoms with E-state index in [-0.39, 0.29) is 5.82 Å². The summed E-state index contributed by atoms with van der Waals surface area (Å²) in [6, 6.07) is 6.27. The standard InChI is InChI=1S/C11H10FNO/c1-7-5-11(14-2)9-6-8(12)3-4-10(9)13-7/h3-6H,1-2H3. The molecule has 3 heteroatoms. The van der Waals surface area contributed by atoms with Crippen molar-refractivity contribution in [3.05, 3.63) is 35.8 Å². The Morgan fingerprint density at radius 3 is 2.79 bits per heavy atom. The first-order valence-corrected chi connectivity index (χ1v) is 4.31. The van der Waals surface area contributed by atoms with Gasteiger partial charge in [-0.1, -0.05) is 0 Å². The first-order chi connectivity index (χ1) is 6.70. The minimum Gasteiger partial charge on any atom is -0.496 e. The zero-order valence-corrected chi connectivity index (χ0v) is 8.04. The monoisotopic (exact) mass is 191 g/mol. The molecule has 14 heavy (non-hydrogen) atoms. The molecule has 1 aromatic carbocycles. The van der Waals surface area contributed by atoms with Crippen LogP contribution in [0.2, 0.25) is 0 Å². The van der Waals surface area contributed by atoms with Crippen molar-refractivity contribution in [3.63, 3.8) is 0 Å².